The lowest BCUT2D eigenvalue weighted by atomic mass is 9.99. The smallest absolute Gasteiger partial charge is 0.253 e. The molecule has 1 aromatic heterocycles. The Balaban J connectivity index is 1.67. The molecular weight excluding hydrogens is 460 g/mol. The fourth-order valence-electron chi connectivity index (χ4n) is 4.67. The molecule has 0 bridgehead atoms. The van der Waals surface area contributed by atoms with Gasteiger partial charge in [-0.1, -0.05) is 68.2 Å². The molecule has 1 aliphatic rings. The number of carbonyl (C=O) groups is 1. The van der Waals surface area contributed by atoms with Crippen LogP contribution in [0.25, 0.3) is 0 Å². The monoisotopic (exact) mass is 493 g/mol. The average Bonchev–Trinajstić information content (AvgIpc) is 3.51. The molecule has 190 valence electrons. The number of oxime groups is 1. The van der Waals surface area contributed by atoms with E-state index in [0.717, 1.165) is 54.8 Å². The molecule has 2 aromatic carbocycles. The predicted molar refractivity (Wildman–Crippen MR) is 137 cm³/mol. The summed E-state index contributed by atoms with van der Waals surface area (Å²) in [5.41, 5.74) is 3.99. The Hall–Kier alpha value is -3.48. The van der Waals surface area contributed by atoms with Crippen LogP contribution in [0.3, 0.4) is 0 Å². The summed E-state index contributed by atoms with van der Waals surface area (Å²) in [6, 6.07) is 15.6. The molecule has 7 heteroatoms. The molecule has 1 amide bonds. The number of benzene rings is 2. The van der Waals surface area contributed by atoms with Gasteiger partial charge in [0.05, 0.1) is 17.5 Å². The van der Waals surface area contributed by atoms with Crippen LogP contribution in [0, 0.1) is 17.6 Å². The zero-order valence-corrected chi connectivity index (χ0v) is 20.8. The van der Waals surface area contributed by atoms with Crippen molar-refractivity contribution in [2.75, 3.05) is 6.61 Å². The fraction of sp³-hybridized carbons (Fsp3) is 0.379. The molecule has 0 spiro atoms. The van der Waals surface area contributed by atoms with E-state index in [-0.39, 0.29) is 18.4 Å². The highest BCUT2D eigenvalue weighted by Crippen LogP contribution is 2.37. The standard InChI is InChI=1S/C29H33F2N3O2/c1-20(2)19-36-33-17-24-15-25(29(35)32-16-22-12-13-26(30)27(31)14-22)28(23-10-6-7-11-23)34(24)18-21-8-4-3-5-9-21/h3-5,8-9,12-15,17,20,23H,6-7,10-11,16,18-19H2,1-2H3,(H,32,35)/b33-17+. The van der Waals surface area contributed by atoms with Gasteiger partial charge in [0.25, 0.3) is 5.91 Å². The highest BCUT2D eigenvalue weighted by atomic mass is 19.2. The molecule has 1 saturated carbocycles. The number of nitrogens with zero attached hydrogens (tertiary/aromatic N) is 2. The molecule has 1 N–H and O–H groups in total. The van der Waals surface area contributed by atoms with Gasteiger partial charge in [0.1, 0.15) is 6.61 Å². The minimum absolute atomic E-state index is 0.102. The molecular formula is C29H33F2N3O2. The Morgan fingerprint density at radius 2 is 1.83 bits per heavy atom. The van der Waals surface area contributed by atoms with E-state index in [0.29, 0.717) is 30.2 Å². The van der Waals surface area contributed by atoms with Gasteiger partial charge in [0.15, 0.2) is 11.6 Å². The number of halogens is 2. The topological polar surface area (TPSA) is 55.6 Å². The van der Waals surface area contributed by atoms with Crippen molar-refractivity contribution < 1.29 is 18.4 Å². The van der Waals surface area contributed by atoms with Gasteiger partial charge in [0.2, 0.25) is 0 Å². The first kappa shape index (κ1) is 25.6. The maximum atomic E-state index is 13.6. The van der Waals surface area contributed by atoms with Crippen molar-refractivity contribution in [1.82, 2.24) is 9.88 Å². The lowest BCUT2D eigenvalue weighted by Gasteiger charge is -2.18. The Bertz CT molecular complexity index is 1200. The summed E-state index contributed by atoms with van der Waals surface area (Å²) in [5, 5.41) is 7.08. The van der Waals surface area contributed by atoms with E-state index in [2.05, 4.69) is 41.0 Å². The summed E-state index contributed by atoms with van der Waals surface area (Å²) < 4.78 is 29.1. The van der Waals surface area contributed by atoms with Crippen LogP contribution in [0.1, 0.15) is 78.3 Å². The van der Waals surface area contributed by atoms with Crippen LogP contribution in [0.2, 0.25) is 0 Å². The van der Waals surface area contributed by atoms with E-state index in [4.69, 9.17) is 4.84 Å². The zero-order valence-electron chi connectivity index (χ0n) is 20.8. The first-order chi connectivity index (χ1) is 17.4. The normalized spacial score (nSPS) is 14.1. The minimum Gasteiger partial charge on any atom is -0.395 e. The number of nitrogens with one attached hydrogen (secondary N) is 1. The van der Waals surface area contributed by atoms with Gasteiger partial charge in [-0.05, 0) is 48.1 Å². The van der Waals surface area contributed by atoms with Crippen LogP contribution >= 0.6 is 0 Å². The fourth-order valence-corrected chi connectivity index (χ4v) is 4.67. The molecule has 3 aromatic rings. The number of amides is 1. The largest absolute Gasteiger partial charge is 0.395 e. The van der Waals surface area contributed by atoms with Gasteiger partial charge in [-0.2, -0.15) is 0 Å². The summed E-state index contributed by atoms with van der Waals surface area (Å²) in [4.78, 5) is 18.9. The van der Waals surface area contributed by atoms with E-state index in [1.54, 1.807) is 6.21 Å². The summed E-state index contributed by atoms with van der Waals surface area (Å²) in [7, 11) is 0. The molecule has 4 rings (SSSR count). The maximum Gasteiger partial charge on any atom is 0.253 e. The lowest BCUT2D eigenvalue weighted by Crippen LogP contribution is -2.24. The Labute approximate surface area is 211 Å². The molecule has 0 aliphatic heterocycles. The van der Waals surface area contributed by atoms with Crippen molar-refractivity contribution in [3.05, 3.63) is 94.3 Å². The van der Waals surface area contributed by atoms with E-state index in [1.165, 1.54) is 6.07 Å². The van der Waals surface area contributed by atoms with Crippen molar-refractivity contribution in [3.8, 4) is 0 Å². The SMILES string of the molecule is CC(C)CO/N=C/c1cc(C(=O)NCc2ccc(F)c(F)c2)c(C2CCCC2)n1Cc1ccccc1. The number of carbonyl (C=O) groups excluding carboxylic acids is 1. The van der Waals surface area contributed by atoms with E-state index in [1.807, 2.05) is 24.3 Å². The second-order valence-electron chi connectivity index (χ2n) is 9.78. The van der Waals surface area contributed by atoms with E-state index in [9.17, 15) is 13.6 Å². The highest BCUT2D eigenvalue weighted by Gasteiger charge is 2.28. The quantitative estimate of drug-likeness (QED) is 0.262. The lowest BCUT2D eigenvalue weighted by molar-refractivity contribution is 0.0949. The molecule has 0 atom stereocenters. The van der Waals surface area contributed by atoms with Crippen LogP contribution in [0.4, 0.5) is 8.78 Å². The summed E-state index contributed by atoms with van der Waals surface area (Å²) in [6.45, 7) is 5.33. The van der Waals surface area contributed by atoms with Crippen LogP contribution in [0.15, 0.2) is 59.8 Å². The first-order valence-electron chi connectivity index (χ1n) is 12.6. The number of hydrogen-bond acceptors (Lipinski definition) is 3. The van der Waals surface area contributed by atoms with Crippen LogP contribution in [-0.4, -0.2) is 23.3 Å². The van der Waals surface area contributed by atoms with Crippen molar-refractivity contribution in [3.63, 3.8) is 0 Å². The third-order valence-electron chi connectivity index (χ3n) is 6.45. The Morgan fingerprint density at radius 3 is 2.53 bits per heavy atom. The van der Waals surface area contributed by atoms with Crippen molar-refractivity contribution in [1.29, 1.82) is 0 Å². The van der Waals surface area contributed by atoms with Gasteiger partial charge in [-0.15, -0.1) is 0 Å². The van der Waals surface area contributed by atoms with Gasteiger partial charge >= 0.3 is 0 Å². The van der Waals surface area contributed by atoms with Gasteiger partial charge < -0.3 is 14.7 Å². The zero-order chi connectivity index (χ0) is 25.5. The molecule has 1 fully saturated rings. The third kappa shape index (κ3) is 6.39. The minimum atomic E-state index is -0.928. The number of hydrogen-bond donors (Lipinski definition) is 1. The average molecular weight is 494 g/mol. The second-order valence-corrected chi connectivity index (χ2v) is 9.78. The molecule has 1 heterocycles. The number of rotatable bonds is 10. The Kier molecular flexibility index (Phi) is 8.52. The van der Waals surface area contributed by atoms with Crippen molar-refractivity contribution in [2.45, 2.75) is 58.5 Å². The molecule has 1 aliphatic carbocycles. The highest BCUT2D eigenvalue weighted by molar-refractivity contribution is 5.98. The van der Waals surface area contributed by atoms with E-state index >= 15 is 0 Å². The first-order valence-corrected chi connectivity index (χ1v) is 12.6. The molecule has 5 nitrogen and oxygen atoms in total. The summed E-state index contributed by atoms with van der Waals surface area (Å²) in [6.07, 6.45) is 5.96. The van der Waals surface area contributed by atoms with Crippen molar-refractivity contribution in [2.24, 2.45) is 11.1 Å². The molecule has 0 saturated heterocycles. The maximum absolute atomic E-state index is 13.6. The van der Waals surface area contributed by atoms with Crippen LogP contribution in [-0.2, 0) is 17.9 Å². The predicted octanol–water partition coefficient (Wildman–Crippen LogP) is 6.41. The number of aromatic nitrogens is 1. The van der Waals surface area contributed by atoms with Gasteiger partial charge in [0, 0.05) is 24.7 Å². The summed E-state index contributed by atoms with van der Waals surface area (Å²) in [5.74, 6) is -1.47. The van der Waals surface area contributed by atoms with E-state index < -0.39 is 11.6 Å². The van der Waals surface area contributed by atoms with Crippen molar-refractivity contribution >= 4 is 12.1 Å². The van der Waals surface area contributed by atoms with Crippen LogP contribution < -0.4 is 5.32 Å². The van der Waals surface area contributed by atoms with Crippen LogP contribution in [0.5, 0.6) is 0 Å². The Morgan fingerprint density at radius 1 is 1.08 bits per heavy atom. The third-order valence-corrected chi connectivity index (χ3v) is 6.45. The molecule has 36 heavy (non-hydrogen) atoms. The molecule has 0 unspecified atom stereocenters. The van der Waals surface area contributed by atoms with Gasteiger partial charge in [-0.3, -0.25) is 4.79 Å². The van der Waals surface area contributed by atoms with Gasteiger partial charge in [-0.25, -0.2) is 8.78 Å². The second kappa shape index (κ2) is 12.0. The molecule has 0 radical (unpaired) electrons. The summed E-state index contributed by atoms with van der Waals surface area (Å²) >= 11 is 0.